The summed E-state index contributed by atoms with van der Waals surface area (Å²) in [6, 6.07) is 10.1. The van der Waals surface area contributed by atoms with Crippen LogP contribution in [0.1, 0.15) is 19.4 Å². The van der Waals surface area contributed by atoms with Gasteiger partial charge in [0.2, 0.25) is 0 Å². The molecule has 0 saturated carbocycles. The first-order valence-electron chi connectivity index (χ1n) is 5.50. The molecule has 0 aliphatic rings. The summed E-state index contributed by atoms with van der Waals surface area (Å²) in [5.74, 6) is -0.173. The van der Waals surface area contributed by atoms with E-state index in [0.29, 0.717) is 6.54 Å². The maximum Gasteiger partial charge on any atom is 0.320 e. The van der Waals surface area contributed by atoms with Gasteiger partial charge in [0.25, 0.3) is 0 Å². The second kappa shape index (κ2) is 6.28. The summed E-state index contributed by atoms with van der Waals surface area (Å²) in [7, 11) is 1.91. The fourth-order valence-corrected chi connectivity index (χ4v) is 1.47. The Bertz CT molecular complexity index is 322. The number of benzene rings is 1. The highest BCUT2D eigenvalue weighted by Crippen LogP contribution is 2.02. The van der Waals surface area contributed by atoms with Gasteiger partial charge in [-0.2, -0.15) is 0 Å². The molecule has 1 rings (SSSR count). The van der Waals surface area contributed by atoms with Crippen LogP contribution in [0.3, 0.4) is 0 Å². The summed E-state index contributed by atoms with van der Waals surface area (Å²) in [6.45, 7) is 4.80. The maximum absolute atomic E-state index is 11.4. The van der Waals surface area contributed by atoms with Gasteiger partial charge >= 0.3 is 5.97 Å². The topological polar surface area (TPSA) is 29.5 Å². The molecule has 0 aliphatic carbocycles. The highest BCUT2D eigenvalue weighted by Gasteiger charge is 2.09. The standard InChI is InChI=1S/C13H19NO2/c1-11(2)16-13(15)10-14(3)9-12-7-5-4-6-8-12/h4-8,11H,9-10H2,1-3H3. The zero-order chi connectivity index (χ0) is 12.0. The van der Waals surface area contributed by atoms with Gasteiger partial charge in [0.1, 0.15) is 0 Å². The zero-order valence-corrected chi connectivity index (χ0v) is 10.1. The van der Waals surface area contributed by atoms with Crippen LogP contribution in [0.15, 0.2) is 30.3 Å². The molecule has 1 aromatic rings. The molecule has 0 amide bonds. The van der Waals surface area contributed by atoms with E-state index in [9.17, 15) is 4.79 Å². The van der Waals surface area contributed by atoms with Crippen LogP contribution >= 0.6 is 0 Å². The smallest absolute Gasteiger partial charge is 0.320 e. The van der Waals surface area contributed by atoms with E-state index in [1.54, 1.807) is 0 Å². The average molecular weight is 221 g/mol. The van der Waals surface area contributed by atoms with Gasteiger partial charge in [-0.1, -0.05) is 30.3 Å². The largest absolute Gasteiger partial charge is 0.462 e. The normalized spacial score (nSPS) is 10.8. The molecule has 0 aromatic heterocycles. The number of hydrogen-bond donors (Lipinski definition) is 0. The van der Waals surface area contributed by atoms with Gasteiger partial charge in [0.05, 0.1) is 12.6 Å². The number of carbonyl (C=O) groups is 1. The quantitative estimate of drug-likeness (QED) is 0.713. The molecule has 0 bridgehead atoms. The van der Waals surface area contributed by atoms with E-state index >= 15 is 0 Å². The van der Waals surface area contributed by atoms with E-state index in [1.165, 1.54) is 5.56 Å². The van der Waals surface area contributed by atoms with Crippen molar-refractivity contribution < 1.29 is 9.53 Å². The molecule has 0 fully saturated rings. The van der Waals surface area contributed by atoms with Crippen LogP contribution in [0, 0.1) is 0 Å². The predicted molar refractivity (Wildman–Crippen MR) is 64.0 cm³/mol. The van der Waals surface area contributed by atoms with Crippen molar-refractivity contribution in [3.05, 3.63) is 35.9 Å². The van der Waals surface area contributed by atoms with Gasteiger partial charge in [-0.3, -0.25) is 9.69 Å². The SMILES string of the molecule is CC(C)OC(=O)CN(C)Cc1ccccc1. The Morgan fingerprint density at radius 2 is 1.94 bits per heavy atom. The van der Waals surface area contributed by atoms with Crippen molar-refractivity contribution in [2.75, 3.05) is 13.6 Å². The molecule has 3 nitrogen and oxygen atoms in total. The maximum atomic E-state index is 11.4. The Labute approximate surface area is 97.0 Å². The van der Waals surface area contributed by atoms with Crippen LogP contribution < -0.4 is 0 Å². The van der Waals surface area contributed by atoms with E-state index in [2.05, 4.69) is 0 Å². The van der Waals surface area contributed by atoms with E-state index in [0.717, 1.165) is 6.54 Å². The molecule has 0 aliphatic heterocycles. The highest BCUT2D eigenvalue weighted by molar-refractivity contribution is 5.71. The van der Waals surface area contributed by atoms with Gasteiger partial charge in [-0.15, -0.1) is 0 Å². The van der Waals surface area contributed by atoms with Gasteiger partial charge < -0.3 is 4.74 Å². The molecule has 1 aromatic carbocycles. The first-order valence-corrected chi connectivity index (χ1v) is 5.50. The Morgan fingerprint density at radius 1 is 1.31 bits per heavy atom. The van der Waals surface area contributed by atoms with Gasteiger partial charge in [0.15, 0.2) is 0 Å². The summed E-state index contributed by atoms with van der Waals surface area (Å²) in [5, 5.41) is 0. The number of ether oxygens (including phenoxy) is 1. The van der Waals surface area contributed by atoms with Crippen LogP contribution in [0.2, 0.25) is 0 Å². The monoisotopic (exact) mass is 221 g/mol. The third kappa shape index (κ3) is 4.94. The molecule has 3 heteroatoms. The number of esters is 1. The fourth-order valence-electron chi connectivity index (χ4n) is 1.47. The highest BCUT2D eigenvalue weighted by atomic mass is 16.5. The van der Waals surface area contributed by atoms with E-state index in [4.69, 9.17) is 4.74 Å². The molecule has 0 radical (unpaired) electrons. The molecular weight excluding hydrogens is 202 g/mol. The van der Waals surface area contributed by atoms with Crippen molar-refractivity contribution in [2.45, 2.75) is 26.5 Å². The van der Waals surface area contributed by atoms with Crippen molar-refractivity contribution in [1.82, 2.24) is 4.90 Å². The zero-order valence-electron chi connectivity index (χ0n) is 10.1. The third-order valence-corrected chi connectivity index (χ3v) is 2.06. The van der Waals surface area contributed by atoms with Gasteiger partial charge in [0, 0.05) is 6.54 Å². The molecule has 0 heterocycles. The minimum atomic E-state index is -0.173. The molecule has 88 valence electrons. The van der Waals surface area contributed by atoms with Gasteiger partial charge in [-0.05, 0) is 26.5 Å². The first kappa shape index (κ1) is 12.7. The van der Waals surface area contributed by atoms with Crippen LogP contribution in [0.4, 0.5) is 0 Å². The number of carbonyl (C=O) groups excluding carboxylic acids is 1. The summed E-state index contributed by atoms with van der Waals surface area (Å²) in [5.41, 5.74) is 1.20. The van der Waals surface area contributed by atoms with Crippen LogP contribution in [0.5, 0.6) is 0 Å². The first-order chi connectivity index (χ1) is 7.58. The Morgan fingerprint density at radius 3 is 2.50 bits per heavy atom. The molecule has 0 atom stereocenters. The fraction of sp³-hybridized carbons (Fsp3) is 0.462. The lowest BCUT2D eigenvalue weighted by Gasteiger charge is -2.16. The molecule has 0 spiro atoms. The second-order valence-electron chi connectivity index (χ2n) is 4.20. The van der Waals surface area contributed by atoms with Gasteiger partial charge in [-0.25, -0.2) is 0 Å². The second-order valence-corrected chi connectivity index (χ2v) is 4.20. The minimum absolute atomic E-state index is 0.0439. The number of nitrogens with zero attached hydrogens (tertiary/aromatic N) is 1. The lowest BCUT2D eigenvalue weighted by molar-refractivity contribution is -0.148. The average Bonchev–Trinajstić information content (AvgIpc) is 2.17. The predicted octanol–water partition coefficient (Wildman–Crippen LogP) is 2.07. The van der Waals surface area contributed by atoms with E-state index in [-0.39, 0.29) is 12.1 Å². The third-order valence-electron chi connectivity index (χ3n) is 2.06. The van der Waals surface area contributed by atoms with Crippen LogP contribution in [0.25, 0.3) is 0 Å². The van der Waals surface area contributed by atoms with Crippen molar-refractivity contribution in [3.8, 4) is 0 Å². The molecule has 0 N–H and O–H groups in total. The van der Waals surface area contributed by atoms with Crippen LogP contribution in [-0.4, -0.2) is 30.6 Å². The summed E-state index contributed by atoms with van der Waals surface area (Å²) in [4.78, 5) is 13.3. The molecule has 16 heavy (non-hydrogen) atoms. The lowest BCUT2D eigenvalue weighted by atomic mass is 10.2. The van der Waals surface area contributed by atoms with Crippen molar-refractivity contribution in [2.24, 2.45) is 0 Å². The molecule has 0 saturated heterocycles. The summed E-state index contributed by atoms with van der Waals surface area (Å²) < 4.78 is 5.08. The minimum Gasteiger partial charge on any atom is -0.462 e. The Kier molecular flexibility index (Phi) is 4.99. The number of rotatable bonds is 5. The molecule has 0 unspecified atom stereocenters. The van der Waals surface area contributed by atoms with Crippen molar-refractivity contribution >= 4 is 5.97 Å². The number of hydrogen-bond acceptors (Lipinski definition) is 3. The van der Waals surface area contributed by atoms with Crippen LogP contribution in [-0.2, 0) is 16.1 Å². The summed E-state index contributed by atoms with van der Waals surface area (Å²) in [6.07, 6.45) is -0.0439. The summed E-state index contributed by atoms with van der Waals surface area (Å²) >= 11 is 0. The molecular formula is C13H19NO2. The lowest BCUT2D eigenvalue weighted by Crippen LogP contribution is -2.28. The Hall–Kier alpha value is -1.35. The number of likely N-dealkylation sites (N-methyl/N-ethyl adjacent to an activating group) is 1. The van der Waals surface area contributed by atoms with Crippen molar-refractivity contribution in [3.63, 3.8) is 0 Å². The van der Waals surface area contributed by atoms with E-state index < -0.39 is 0 Å². The Balaban J connectivity index is 2.36. The van der Waals surface area contributed by atoms with E-state index in [1.807, 2.05) is 56.1 Å². The van der Waals surface area contributed by atoms with Crippen molar-refractivity contribution in [1.29, 1.82) is 0 Å².